The number of para-hydroxylation sites is 1. The number of pyridine rings is 1. The van der Waals surface area contributed by atoms with Gasteiger partial charge in [0.25, 0.3) is 0 Å². The number of rotatable bonds is 3. The maximum atomic E-state index is 10.5. The number of fused-ring (bicyclic) bond motifs is 1. The first-order valence-corrected chi connectivity index (χ1v) is 9.06. The van der Waals surface area contributed by atoms with E-state index in [0.717, 1.165) is 30.7 Å². The Morgan fingerprint density at radius 1 is 1.00 bits per heavy atom. The van der Waals surface area contributed by atoms with Crippen molar-refractivity contribution >= 4 is 10.9 Å². The molecule has 1 aliphatic carbocycles. The fourth-order valence-electron chi connectivity index (χ4n) is 4.32. The number of hydrogen-bond acceptors (Lipinski definition) is 3. The van der Waals surface area contributed by atoms with Crippen LogP contribution in [0.2, 0.25) is 0 Å². The fraction of sp³-hybridized carbons (Fsp3) is 0.550. The second-order valence-electron chi connectivity index (χ2n) is 7.27. The van der Waals surface area contributed by atoms with Crippen molar-refractivity contribution in [2.24, 2.45) is 5.92 Å². The van der Waals surface area contributed by atoms with Gasteiger partial charge < -0.3 is 5.11 Å². The number of nitrogens with zero attached hydrogens (tertiary/aromatic N) is 2. The molecule has 1 N–H and O–H groups in total. The van der Waals surface area contributed by atoms with E-state index in [1.54, 1.807) is 0 Å². The number of aliphatic hydroxyl groups is 1. The van der Waals surface area contributed by atoms with Gasteiger partial charge in [0.05, 0.1) is 11.6 Å². The van der Waals surface area contributed by atoms with E-state index in [4.69, 9.17) is 4.98 Å². The number of likely N-dealkylation sites (tertiary alicyclic amines) is 1. The highest BCUT2D eigenvalue weighted by Gasteiger charge is 2.35. The smallest absolute Gasteiger partial charge is 0.0711 e. The molecule has 2 atom stereocenters. The maximum absolute atomic E-state index is 10.5. The lowest BCUT2D eigenvalue weighted by Gasteiger charge is -2.30. The molecule has 122 valence electrons. The second-order valence-corrected chi connectivity index (χ2v) is 7.27. The minimum atomic E-state index is -0.204. The molecule has 0 amide bonds. The maximum Gasteiger partial charge on any atom is 0.0711 e. The lowest BCUT2D eigenvalue weighted by Crippen LogP contribution is -2.35. The minimum absolute atomic E-state index is 0.204. The molecular weight excluding hydrogens is 284 g/mol. The first-order valence-electron chi connectivity index (χ1n) is 9.06. The van der Waals surface area contributed by atoms with E-state index in [9.17, 15) is 5.11 Å². The molecule has 0 spiro atoms. The van der Waals surface area contributed by atoms with E-state index in [2.05, 4.69) is 29.2 Å². The predicted octanol–water partition coefficient (Wildman–Crippen LogP) is 3.40. The normalized spacial score (nSPS) is 26.8. The van der Waals surface area contributed by atoms with Gasteiger partial charge in [-0.2, -0.15) is 0 Å². The lowest BCUT2D eigenvalue weighted by molar-refractivity contribution is 0.129. The predicted molar refractivity (Wildman–Crippen MR) is 93.4 cm³/mol. The van der Waals surface area contributed by atoms with Crippen LogP contribution < -0.4 is 0 Å². The van der Waals surface area contributed by atoms with Crippen LogP contribution in [0.5, 0.6) is 0 Å². The average molecular weight is 310 g/mol. The summed E-state index contributed by atoms with van der Waals surface area (Å²) in [5.74, 6) is 0.325. The van der Waals surface area contributed by atoms with Crippen LogP contribution in [0.25, 0.3) is 10.9 Å². The Kier molecular flexibility index (Phi) is 4.32. The number of benzene rings is 1. The summed E-state index contributed by atoms with van der Waals surface area (Å²) in [7, 11) is 0. The van der Waals surface area contributed by atoms with Crippen LogP contribution in [0, 0.1) is 5.92 Å². The van der Waals surface area contributed by atoms with Gasteiger partial charge in [-0.25, -0.2) is 0 Å². The highest BCUT2D eigenvalue weighted by Crippen LogP contribution is 2.29. The molecule has 3 heteroatoms. The van der Waals surface area contributed by atoms with E-state index >= 15 is 0 Å². The molecule has 3 nitrogen and oxygen atoms in total. The quantitative estimate of drug-likeness (QED) is 0.944. The Labute approximate surface area is 138 Å². The Hall–Kier alpha value is -1.45. The summed E-state index contributed by atoms with van der Waals surface area (Å²) >= 11 is 0. The minimum Gasteiger partial charge on any atom is -0.391 e. The highest BCUT2D eigenvalue weighted by atomic mass is 16.3. The van der Waals surface area contributed by atoms with Crippen LogP contribution in [0.1, 0.15) is 37.8 Å². The summed E-state index contributed by atoms with van der Waals surface area (Å²) in [5.41, 5.74) is 2.17. The van der Waals surface area contributed by atoms with Crippen LogP contribution in [0.15, 0.2) is 36.4 Å². The van der Waals surface area contributed by atoms with Crippen LogP contribution >= 0.6 is 0 Å². The summed E-state index contributed by atoms with van der Waals surface area (Å²) in [6.07, 6.45) is 7.40. The van der Waals surface area contributed by atoms with Crippen LogP contribution in [0.3, 0.4) is 0 Å². The molecule has 2 aliphatic rings. The van der Waals surface area contributed by atoms with Crippen LogP contribution in [-0.2, 0) is 6.42 Å². The largest absolute Gasteiger partial charge is 0.391 e. The zero-order valence-corrected chi connectivity index (χ0v) is 13.7. The van der Waals surface area contributed by atoms with Gasteiger partial charge in [0.1, 0.15) is 0 Å². The fourth-order valence-corrected chi connectivity index (χ4v) is 4.32. The van der Waals surface area contributed by atoms with Gasteiger partial charge in [-0.05, 0) is 31.4 Å². The third-order valence-electron chi connectivity index (χ3n) is 5.65. The van der Waals surface area contributed by atoms with Crippen molar-refractivity contribution in [2.45, 2.75) is 50.7 Å². The van der Waals surface area contributed by atoms with Crippen molar-refractivity contribution in [3.05, 3.63) is 42.1 Å². The van der Waals surface area contributed by atoms with Crippen molar-refractivity contribution in [2.75, 3.05) is 13.1 Å². The molecule has 2 fully saturated rings. The zero-order valence-electron chi connectivity index (χ0n) is 13.7. The van der Waals surface area contributed by atoms with Gasteiger partial charge in [0, 0.05) is 36.1 Å². The molecule has 1 aliphatic heterocycles. The van der Waals surface area contributed by atoms with E-state index in [1.165, 1.54) is 37.5 Å². The first-order chi connectivity index (χ1) is 11.3. The molecule has 0 bridgehead atoms. The van der Waals surface area contributed by atoms with Gasteiger partial charge >= 0.3 is 0 Å². The molecule has 1 saturated carbocycles. The Morgan fingerprint density at radius 2 is 1.83 bits per heavy atom. The van der Waals surface area contributed by atoms with Gasteiger partial charge in [-0.15, -0.1) is 0 Å². The molecule has 4 rings (SSSR count). The van der Waals surface area contributed by atoms with Gasteiger partial charge in [-0.3, -0.25) is 9.88 Å². The third-order valence-corrected chi connectivity index (χ3v) is 5.65. The third kappa shape index (κ3) is 3.26. The molecule has 1 aromatic carbocycles. The zero-order chi connectivity index (χ0) is 15.6. The number of β-amino-alcohol motifs (C(OH)–C–C–N with tert-alkyl or cyclic N) is 1. The van der Waals surface area contributed by atoms with Gasteiger partial charge in [0.2, 0.25) is 0 Å². The highest BCUT2D eigenvalue weighted by molar-refractivity contribution is 5.78. The molecule has 1 aromatic heterocycles. The summed E-state index contributed by atoms with van der Waals surface area (Å²) in [6.45, 7) is 1.88. The Morgan fingerprint density at radius 3 is 2.70 bits per heavy atom. The van der Waals surface area contributed by atoms with E-state index < -0.39 is 0 Å². The summed E-state index contributed by atoms with van der Waals surface area (Å²) < 4.78 is 0. The van der Waals surface area contributed by atoms with Gasteiger partial charge in [-0.1, -0.05) is 43.5 Å². The number of aliphatic hydroxyl groups excluding tert-OH is 1. The second kappa shape index (κ2) is 6.58. The standard InChI is InChI=1S/C20H26N2O/c23-20-14-22(18-7-2-1-3-8-18)13-16(20)12-17-11-10-15-6-4-5-9-19(15)21-17/h4-6,9-11,16,18,20,23H,1-3,7-8,12-14H2/t16-,20-/m1/s1. The summed E-state index contributed by atoms with van der Waals surface area (Å²) in [4.78, 5) is 7.32. The van der Waals surface area contributed by atoms with Gasteiger partial charge in [0.15, 0.2) is 0 Å². The van der Waals surface area contributed by atoms with Crippen molar-refractivity contribution in [1.29, 1.82) is 0 Å². The molecule has 2 heterocycles. The monoisotopic (exact) mass is 310 g/mol. The number of hydrogen-bond donors (Lipinski definition) is 1. The van der Waals surface area contributed by atoms with Crippen molar-refractivity contribution in [3.63, 3.8) is 0 Å². The first kappa shape index (κ1) is 15.1. The van der Waals surface area contributed by atoms with Crippen LogP contribution in [-0.4, -0.2) is 40.2 Å². The Bertz CT molecular complexity index is 665. The molecule has 2 aromatic rings. The molecule has 0 radical (unpaired) electrons. The van der Waals surface area contributed by atoms with E-state index in [-0.39, 0.29) is 6.10 Å². The van der Waals surface area contributed by atoms with Crippen molar-refractivity contribution in [3.8, 4) is 0 Å². The molecular formula is C20H26N2O. The topological polar surface area (TPSA) is 36.4 Å². The Balaban J connectivity index is 1.45. The van der Waals surface area contributed by atoms with E-state index in [0.29, 0.717) is 12.0 Å². The van der Waals surface area contributed by atoms with Crippen molar-refractivity contribution in [1.82, 2.24) is 9.88 Å². The molecule has 0 unspecified atom stereocenters. The number of aromatic nitrogens is 1. The summed E-state index contributed by atoms with van der Waals surface area (Å²) in [6, 6.07) is 13.2. The van der Waals surface area contributed by atoms with E-state index in [1.807, 2.05) is 12.1 Å². The molecule has 1 saturated heterocycles. The SMILES string of the molecule is O[C@@H]1CN(C2CCCCC2)C[C@H]1Cc1ccc2ccccc2n1. The lowest BCUT2D eigenvalue weighted by atomic mass is 9.94. The van der Waals surface area contributed by atoms with Crippen molar-refractivity contribution < 1.29 is 5.11 Å². The molecule has 23 heavy (non-hydrogen) atoms. The average Bonchev–Trinajstić information content (AvgIpc) is 2.96. The summed E-state index contributed by atoms with van der Waals surface area (Å²) in [5, 5.41) is 11.7. The van der Waals surface area contributed by atoms with Crippen LogP contribution in [0.4, 0.5) is 0 Å².